The molecule has 2 aromatic rings. The van der Waals surface area contributed by atoms with Crippen LogP contribution in [0.4, 0.5) is 0 Å². The molecule has 0 saturated carbocycles. The van der Waals surface area contributed by atoms with Gasteiger partial charge >= 0.3 is 0 Å². The highest BCUT2D eigenvalue weighted by Gasteiger charge is 2.06. The van der Waals surface area contributed by atoms with Gasteiger partial charge in [-0.05, 0) is 35.0 Å². The van der Waals surface area contributed by atoms with E-state index in [-0.39, 0.29) is 11.2 Å². The summed E-state index contributed by atoms with van der Waals surface area (Å²) < 4.78 is 5.85. The maximum atomic E-state index is 11.5. The Hall–Kier alpha value is -1.29. The fourth-order valence-electron chi connectivity index (χ4n) is 1.29. The van der Waals surface area contributed by atoms with Crippen LogP contribution in [0, 0.1) is 6.92 Å². The van der Waals surface area contributed by atoms with Crippen LogP contribution in [-0.4, -0.2) is 5.11 Å². The van der Waals surface area contributed by atoms with Crippen molar-refractivity contribution in [2.24, 2.45) is 0 Å². The molecule has 1 N–H and O–H groups in total. The zero-order valence-electron chi connectivity index (χ0n) is 7.37. The van der Waals surface area contributed by atoms with E-state index in [9.17, 15) is 9.90 Å². The Balaban J connectivity index is 2.96. The van der Waals surface area contributed by atoms with Gasteiger partial charge in [-0.1, -0.05) is 0 Å². The molecule has 0 aliphatic carbocycles. The first-order valence-electron chi connectivity index (χ1n) is 4.01. The lowest BCUT2D eigenvalue weighted by Crippen LogP contribution is -1.99. The summed E-state index contributed by atoms with van der Waals surface area (Å²) >= 11 is 3.15. The first-order valence-corrected chi connectivity index (χ1v) is 4.80. The van der Waals surface area contributed by atoms with Crippen molar-refractivity contribution >= 4 is 26.9 Å². The molecule has 1 heterocycles. The van der Waals surface area contributed by atoms with E-state index in [0.717, 1.165) is 0 Å². The summed E-state index contributed by atoms with van der Waals surface area (Å²) in [5, 5.41) is 9.77. The SMILES string of the molecule is Cc1cc(=O)c2cc(O)c(Br)cc2o1. The summed E-state index contributed by atoms with van der Waals surface area (Å²) in [5.74, 6) is 0.591. The number of aryl methyl sites for hydroxylation is 1. The lowest BCUT2D eigenvalue weighted by molar-refractivity contribution is 0.471. The molecule has 0 saturated heterocycles. The minimum atomic E-state index is -0.147. The molecule has 3 nitrogen and oxygen atoms in total. The number of aromatic hydroxyl groups is 1. The normalized spacial score (nSPS) is 10.7. The van der Waals surface area contributed by atoms with Crippen LogP contribution in [-0.2, 0) is 0 Å². The van der Waals surface area contributed by atoms with Crippen LogP contribution in [0.5, 0.6) is 5.75 Å². The third-order valence-electron chi connectivity index (χ3n) is 1.92. The van der Waals surface area contributed by atoms with Crippen LogP contribution in [0.3, 0.4) is 0 Å². The Morgan fingerprint density at radius 2 is 2.07 bits per heavy atom. The third kappa shape index (κ3) is 1.42. The molecule has 1 aromatic heterocycles. The molecule has 0 fully saturated rings. The Morgan fingerprint density at radius 1 is 1.36 bits per heavy atom. The van der Waals surface area contributed by atoms with Crippen molar-refractivity contribution in [2.45, 2.75) is 6.92 Å². The van der Waals surface area contributed by atoms with Gasteiger partial charge in [0.05, 0.1) is 9.86 Å². The summed E-state index contributed by atoms with van der Waals surface area (Å²) in [6, 6.07) is 4.37. The van der Waals surface area contributed by atoms with Gasteiger partial charge in [0.15, 0.2) is 5.43 Å². The zero-order valence-corrected chi connectivity index (χ0v) is 8.96. The minimum absolute atomic E-state index is 0.0358. The summed E-state index contributed by atoms with van der Waals surface area (Å²) in [5.41, 5.74) is 0.325. The predicted octanol–water partition coefficient (Wildman–Crippen LogP) is 2.57. The van der Waals surface area contributed by atoms with Crippen molar-refractivity contribution in [3.8, 4) is 5.75 Å². The molecular weight excluding hydrogens is 248 g/mol. The number of phenolic OH excluding ortho intramolecular Hbond substituents is 1. The van der Waals surface area contributed by atoms with Crippen molar-refractivity contribution in [2.75, 3.05) is 0 Å². The van der Waals surface area contributed by atoms with Crippen LogP contribution < -0.4 is 5.43 Å². The first-order chi connectivity index (χ1) is 6.58. The number of hydrogen-bond acceptors (Lipinski definition) is 3. The van der Waals surface area contributed by atoms with E-state index in [0.29, 0.717) is 21.2 Å². The number of phenols is 1. The molecule has 2 rings (SSSR count). The highest BCUT2D eigenvalue weighted by atomic mass is 79.9. The van der Waals surface area contributed by atoms with Crippen LogP contribution >= 0.6 is 15.9 Å². The molecule has 4 heteroatoms. The molecule has 0 spiro atoms. The number of halogens is 1. The van der Waals surface area contributed by atoms with Crippen molar-refractivity contribution in [3.63, 3.8) is 0 Å². The maximum Gasteiger partial charge on any atom is 0.193 e. The van der Waals surface area contributed by atoms with Gasteiger partial charge in [-0.2, -0.15) is 0 Å². The van der Waals surface area contributed by atoms with Gasteiger partial charge in [-0.25, -0.2) is 0 Å². The van der Waals surface area contributed by atoms with Crippen LogP contribution in [0.2, 0.25) is 0 Å². The standard InChI is InChI=1S/C10H7BrO3/c1-5-2-8(12)6-3-9(13)7(11)4-10(6)14-5/h2-4,13H,1H3. The lowest BCUT2D eigenvalue weighted by Gasteiger charge is -2.01. The average molecular weight is 255 g/mol. The van der Waals surface area contributed by atoms with Crippen molar-refractivity contribution in [1.29, 1.82) is 0 Å². The summed E-state index contributed by atoms with van der Waals surface area (Å²) in [4.78, 5) is 11.5. The van der Waals surface area contributed by atoms with E-state index >= 15 is 0 Å². The van der Waals surface area contributed by atoms with Gasteiger partial charge in [-0.3, -0.25) is 4.79 Å². The molecule has 0 atom stereocenters. The Kier molecular flexibility index (Phi) is 2.07. The molecule has 72 valence electrons. The summed E-state index contributed by atoms with van der Waals surface area (Å²) in [6.07, 6.45) is 0. The topological polar surface area (TPSA) is 50.4 Å². The molecule has 0 bridgehead atoms. The van der Waals surface area contributed by atoms with E-state index in [1.165, 1.54) is 12.1 Å². The van der Waals surface area contributed by atoms with Crippen molar-refractivity contribution < 1.29 is 9.52 Å². The Labute approximate surface area is 88.1 Å². The van der Waals surface area contributed by atoms with Gasteiger partial charge in [0.25, 0.3) is 0 Å². The monoisotopic (exact) mass is 254 g/mol. The highest BCUT2D eigenvalue weighted by Crippen LogP contribution is 2.27. The van der Waals surface area contributed by atoms with E-state index in [4.69, 9.17) is 4.42 Å². The largest absolute Gasteiger partial charge is 0.507 e. The predicted molar refractivity (Wildman–Crippen MR) is 56.6 cm³/mol. The van der Waals surface area contributed by atoms with E-state index in [1.807, 2.05) is 0 Å². The molecule has 0 unspecified atom stereocenters. The number of fused-ring (bicyclic) bond motifs is 1. The smallest absolute Gasteiger partial charge is 0.193 e. The molecule has 0 radical (unpaired) electrons. The number of hydrogen-bond donors (Lipinski definition) is 1. The highest BCUT2D eigenvalue weighted by molar-refractivity contribution is 9.10. The van der Waals surface area contributed by atoms with E-state index in [2.05, 4.69) is 15.9 Å². The molecule has 0 aliphatic rings. The molecule has 1 aromatic carbocycles. The second-order valence-electron chi connectivity index (χ2n) is 3.02. The van der Waals surface area contributed by atoms with Gasteiger partial charge in [0, 0.05) is 6.07 Å². The van der Waals surface area contributed by atoms with Crippen LogP contribution in [0.1, 0.15) is 5.76 Å². The third-order valence-corrected chi connectivity index (χ3v) is 2.55. The van der Waals surface area contributed by atoms with Gasteiger partial charge in [0.2, 0.25) is 0 Å². The Bertz CT molecular complexity index is 557. The molecule has 0 aliphatic heterocycles. The maximum absolute atomic E-state index is 11.5. The van der Waals surface area contributed by atoms with Crippen LogP contribution in [0.15, 0.2) is 31.9 Å². The summed E-state index contributed by atoms with van der Waals surface area (Å²) in [7, 11) is 0. The lowest BCUT2D eigenvalue weighted by atomic mass is 10.2. The quantitative estimate of drug-likeness (QED) is 0.787. The van der Waals surface area contributed by atoms with E-state index in [1.54, 1.807) is 13.0 Å². The fraction of sp³-hybridized carbons (Fsp3) is 0.100. The van der Waals surface area contributed by atoms with Gasteiger partial charge < -0.3 is 9.52 Å². The Morgan fingerprint density at radius 3 is 2.79 bits per heavy atom. The second-order valence-corrected chi connectivity index (χ2v) is 3.88. The second kappa shape index (κ2) is 3.13. The minimum Gasteiger partial charge on any atom is -0.507 e. The van der Waals surface area contributed by atoms with Crippen molar-refractivity contribution in [1.82, 2.24) is 0 Å². The number of rotatable bonds is 0. The number of benzene rings is 1. The van der Waals surface area contributed by atoms with Gasteiger partial charge in [0.1, 0.15) is 17.1 Å². The molecule has 0 amide bonds. The van der Waals surface area contributed by atoms with Gasteiger partial charge in [-0.15, -0.1) is 0 Å². The van der Waals surface area contributed by atoms with Crippen molar-refractivity contribution in [3.05, 3.63) is 38.7 Å². The van der Waals surface area contributed by atoms with Crippen LogP contribution in [0.25, 0.3) is 11.0 Å². The zero-order chi connectivity index (χ0) is 10.3. The molecule has 14 heavy (non-hydrogen) atoms. The fourth-order valence-corrected chi connectivity index (χ4v) is 1.61. The van der Waals surface area contributed by atoms with E-state index < -0.39 is 0 Å². The molecular formula is C10H7BrO3. The summed E-state index contributed by atoms with van der Waals surface area (Å²) in [6.45, 7) is 1.71. The average Bonchev–Trinajstić information content (AvgIpc) is 2.08. The first kappa shape index (κ1) is 9.27.